The average molecular weight is 423 g/mol. The Morgan fingerprint density at radius 1 is 1.10 bits per heavy atom. The molecule has 0 fully saturated rings. The number of nitrogens with one attached hydrogen (secondary N) is 1. The van der Waals surface area contributed by atoms with Crippen LogP contribution in [0.4, 0.5) is 0 Å². The normalized spacial score (nSPS) is 16.2. The molecule has 1 N–H and O–H groups in total. The van der Waals surface area contributed by atoms with E-state index in [9.17, 15) is 14.4 Å². The van der Waals surface area contributed by atoms with Crippen LogP contribution < -0.4 is 5.32 Å². The number of benzene rings is 2. The number of amides is 2. The van der Waals surface area contributed by atoms with Crippen LogP contribution >= 0.6 is 0 Å². The van der Waals surface area contributed by atoms with E-state index in [-0.39, 0.29) is 36.8 Å². The topological polar surface area (TPSA) is 75.7 Å². The zero-order valence-electron chi connectivity index (χ0n) is 18.2. The third-order valence-electron chi connectivity index (χ3n) is 5.69. The van der Waals surface area contributed by atoms with Gasteiger partial charge in [-0.05, 0) is 36.5 Å². The summed E-state index contributed by atoms with van der Waals surface area (Å²) in [4.78, 5) is 39.2. The van der Waals surface area contributed by atoms with Gasteiger partial charge in [0.15, 0.2) is 0 Å². The van der Waals surface area contributed by atoms with Gasteiger partial charge in [-0.2, -0.15) is 0 Å². The highest BCUT2D eigenvalue weighted by atomic mass is 16.5. The van der Waals surface area contributed by atoms with Crippen LogP contribution in [0.2, 0.25) is 0 Å². The van der Waals surface area contributed by atoms with Gasteiger partial charge in [-0.1, -0.05) is 54.6 Å². The second-order valence-electron chi connectivity index (χ2n) is 7.82. The number of rotatable bonds is 8. The first-order valence-electron chi connectivity index (χ1n) is 10.8. The lowest BCUT2D eigenvalue weighted by atomic mass is 9.90. The number of fused-ring (bicyclic) bond motifs is 1. The maximum Gasteiger partial charge on any atom is 0.311 e. The first kappa shape index (κ1) is 22.5. The zero-order chi connectivity index (χ0) is 22.2. The molecule has 6 heteroatoms. The second-order valence-corrected chi connectivity index (χ2v) is 7.82. The molecule has 2 atom stereocenters. The Labute approximate surface area is 183 Å². The lowest BCUT2D eigenvalue weighted by Crippen LogP contribution is -2.42. The lowest BCUT2D eigenvalue weighted by molar-refractivity contribution is -0.147. The van der Waals surface area contributed by atoms with E-state index < -0.39 is 5.92 Å². The highest BCUT2D eigenvalue weighted by molar-refractivity contribution is 5.80. The molecule has 164 valence electrons. The summed E-state index contributed by atoms with van der Waals surface area (Å²) in [6.45, 7) is 4.40. The molecular weight excluding hydrogens is 392 g/mol. The lowest BCUT2D eigenvalue weighted by Gasteiger charge is -2.36. The van der Waals surface area contributed by atoms with Crippen molar-refractivity contribution in [2.75, 3.05) is 19.7 Å². The summed E-state index contributed by atoms with van der Waals surface area (Å²) in [7, 11) is 0. The Kier molecular flexibility index (Phi) is 7.82. The highest BCUT2D eigenvalue weighted by Gasteiger charge is 2.31. The summed E-state index contributed by atoms with van der Waals surface area (Å²) >= 11 is 0. The van der Waals surface area contributed by atoms with E-state index >= 15 is 0 Å². The van der Waals surface area contributed by atoms with Gasteiger partial charge in [0.1, 0.15) is 0 Å². The van der Waals surface area contributed by atoms with Gasteiger partial charge in [-0.25, -0.2) is 0 Å². The van der Waals surface area contributed by atoms with Crippen LogP contribution in [0.3, 0.4) is 0 Å². The van der Waals surface area contributed by atoms with Gasteiger partial charge in [0, 0.05) is 20.0 Å². The van der Waals surface area contributed by atoms with Gasteiger partial charge in [0.05, 0.1) is 25.0 Å². The van der Waals surface area contributed by atoms with E-state index in [1.54, 1.807) is 11.8 Å². The van der Waals surface area contributed by atoms with Crippen molar-refractivity contribution in [1.29, 1.82) is 0 Å². The molecule has 2 unspecified atom stereocenters. The molecule has 0 radical (unpaired) electrons. The molecular formula is C25H30N2O4. The standard InChI is InChI=1S/C25H30N2O4/c1-3-31-25(30)21(15-19-9-5-4-6-10-19)17-26-24(29)16-23-22-12-8-7-11-20(22)13-14-27(23)18(2)28/h4-12,21,23H,3,13-17H2,1-2H3,(H,26,29). The van der Waals surface area contributed by atoms with Crippen molar-refractivity contribution in [2.45, 2.75) is 39.2 Å². The van der Waals surface area contributed by atoms with Crippen LogP contribution in [0.15, 0.2) is 54.6 Å². The van der Waals surface area contributed by atoms with Crippen molar-refractivity contribution in [3.63, 3.8) is 0 Å². The molecule has 0 aliphatic carbocycles. The van der Waals surface area contributed by atoms with Crippen LogP contribution in [0.25, 0.3) is 0 Å². The Balaban J connectivity index is 1.67. The molecule has 0 saturated heterocycles. The molecule has 2 aromatic rings. The fourth-order valence-corrected chi connectivity index (χ4v) is 4.13. The number of hydrogen-bond acceptors (Lipinski definition) is 4. The molecule has 0 spiro atoms. The van der Waals surface area contributed by atoms with Gasteiger partial charge in [0.2, 0.25) is 11.8 Å². The highest BCUT2D eigenvalue weighted by Crippen LogP contribution is 2.32. The summed E-state index contributed by atoms with van der Waals surface area (Å²) < 4.78 is 5.21. The number of ether oxygens (including phenoxy) is 1. The molecule has 6 nitrogen and oxygen atoms in total. The molecule has 1 aliphatic rings. The van der Waals surface area contributed by atoms with Crippen LogP contribution in [-0.2, 0) is 32.0 Å². The molecule has 2 aromatic carbocycles. The van der Waals surface area contributed by atoms with Crippen molar-refractivity contribution in [2.24, 2.45) is 5.92 Å². The number of carbonyl (C=O) groups is 3. The number of esters is 1. The molecule has 3 rings (SSSR count). The molecule has 1 heterocycles. The minimum atomic E-state index is -0.464. The van der Waals surface area contributed by atoms with Gasteiger partial charge in [-0.15, -0.1) is 0 Å². The van der Waals surface area contributed by atoms with Crippen molar-refractivity contribution in [3.8, 4) is 0 Å². The fourth-order valence-electron chi connectivity index (χ4n) is 4.13. The molecule has 2 amide bonds. The summed E-state index contributed by atoms with van der Waals surface area (Å²) in [5, 5.41) is 2.90. The van der Waals surface area contributed by atoms with Gasteiger partial charge >= 0.3 is 5.97 Å². The summed E-state index contributed by atoms with van der Waals surface area (Å²) in [6.07, 6.45) is 1.44. The number of nitrogens with zero attached hydrogens (tertiary/aromatic N) is 1. The smallest absolute Gasteiger partial charge is 0.311 e. The van der Waals surface area contributed by atoms with Crippen LogP contribution in [0.5, 0.6) is 0 Å². The van der Waals surface area contributed by atoms with Crippen molar-refractivity contribution < 1.29 is 19.1 Å². The Bertz CT molecular complexity index is 913. The fraction of sp³-hybridized carbons (Fsp3) is 0.400. The number of hydrogen-bond donors (Lipinski definition) is 1. The summed E-state index contributed by atoms with van der Waals surface area (Å²) in [5.74, 6) is -1.01. The minimum absolute atomic E-state index is 0.0409. The molecule has 0 saturated carbocycles. The Morgan fingerprint density at radius 2 is 1.81 bits per heavy atom. The van der Waals surface area contributed by atoms with Crippen molar-refractivity contribution >= 4 is 17.8 Å². The summed E-state index contributed by atoms with van der Waals surface area (Å²) in [6, 6.07) is 17.3. The van der Waals surface area contributed by atoms with Gasteiger partial charge in [-0.3, -0.25) is 14.4 Å². The van der Waals surface area contributed by atoms with E-state index in [1.165, 1.54) is 12.5 Å². The average Bonchev–Trinajstić information content (AvgIpc) is 2.77. The van der Waals surface area contributed by atoms with Crippen LogP contribution in [0.1, 0.15) is 43.0 Å². The van der Waals surface area contributed by atoms with Crippen molar-refractivity contribution in [1.82, 2.24) is 10.2 Å². The van der Waals surface area contributed by atoms with Gasteiger partial charge in [0.25, 0.3) is 0 Å². The third-order valence-corrected chi connectivity index (χ3v) is 5.69. The summed E-state index contributed by atoms with van der Waals surface area (Å²) in [5.41, 5.74) is 3.20. The minimum Gasteiger partial charge on any atom is -0.466 e. The maximum absolute atomic E-state index is 12.8. The Morgan fingerprint density at radius 3 is 2.52 bits per heavy atom. The van der Waals surface area contributed by atoms with E-state index in [0.717, 1.165) is 17.5 Å². The second kappa shape index (κ2) is 10.8. The SMILES string of the molecule is CCOC(=O)C(CNC(=O)CC1c2ccccc2CCN1C(C)=O)Cc1ccccc1. The largest absolute Gasteiger partial charge is 0.466 e. The van der Waals surface area contributed by atoms with E-state index in [1.807, 2.05) is 54.6 Å². The first-order chi connectivity index (χ1) is 15.0. The molecule has 1 aliphatic heterocycles. The Hall–Kier alpha value is -3.15. The van der Waals surface area contributed by atoms with Crippen LogP contribution in [-0.4, -0.2) is 42.4 Å². The molecule has 0 bridgehead atoms. The monoisotopic (exact) mass is 422 g/mol. The van der Waals surface area contributed by atoms with E-state index in [2.05, 4.69) is 5.32 Å². The predicted octanol–water partition coefficient (Wildman–Crippen LogP) is 3.06. The molecule has 31 heavy (non-hydrogen) atoms. The number of carbonyl (C=O) groups excluding carboxylic acids is 3. The quantitative estimate of drug-likeness (QED) is 0.664. The third kappa shape index (κ3) is 5.94. The van der Waals surface area contributed by atoms with E-state index in [0.29, 0.717) is 19.6 Å². The van der Waals surface area contributed by atoms with Crippen LogP contribution in [0, 0.1) is 5.92 Å². The first-order valence-corrected chi connectivity index (χ1v) is 10.8. The zero-order valence-corrected chi connectivity index (χ0v) is 18.2. The maximum atomic E-state index is 12.8. The van der Waals surface area contributed by atoms with Crippen molar-refractivity contribution in [3.05, 3.63) is 71.3 Å². The van der Waals surface area contributed by atoms with Gasteiger partial charge < -0.3 is 15.0 Å². The predicted molar refractivity (Wildman–Crippen MR) is 118 cm³/mol. The van der Waals surface area contributed by atoms with E-state index in [4.69, 9.17) is 4.74 Å². The molecule has 0 aromatic heterocycles.